The van der Waals surface area contributed by atoms with Crippen molar-refractivity contribution in [2.24, 2.45) is 0 Å². The van der Waals surface area contributed by atoms with E-state index >= 15 is 0 Å². The fourth-order valence-corrected chi connectivity index (χ4v) is 1.73. The normalized spacial score (nSPS) is 14.2. The van der Waals surface area contributed by atoms with Crippen LogP contribution in [0.2, 0.25) is 0 Å². The summed E-state index contributed by atoms with van der Waals surface area (Å²) in [4.78, 5) is 22.5. The number of ether oxygens (including phenoxy) is 2. The number of hydrogen-bond acceptors (Lipinski definition) is 4. The Kier molecular flexibility index (Phi) is 8.34. The molecule has 2 N–H and O–H groups in total. The third kappa shape index (κ3) is 9.44. The largest absolute Gasteiger partial charge is 0.481 e. The fourth-order valence-electron chi connectivity index (χ4n) is 1.73. The van der Waals surface area contributed by atoms with Crippen LogP contribution in [-0.4, -0.2) is 48.9 Å². The molecule has 0 aromatic carbocycles. The standard InChI is InChI=1S/C13H25NO5/c1-10(2)19-7-5-6-11(15)14-13(3,9-18-4)8-12(16)17/h10H,5-9H2,1-4H3,(H,14,15)(H,16,17). The van der Waals surface area contributed by atoms with Gasteiger partial charge in [-0.25, -0.2) is 0 Å². The molecule has 1 unspecified atom stereocenters. The van der Waals surface area contributed by atoms with E-state index in [1.165, 1.54) is 7.11 Å². The highest BCUT2D eigenvalue weighted by atomic mass is 16.5. The summed E-state index contributed by atoms with van der Waals surface area (Å²) in [6, 6.07) is 0. The maximum Gasteiger partial charge on any atom is 0.305 e. The Morgan fingerprint density at radius 2 is 2.00 bits per heavy atom. The lowest BCUT2D eigenvalue weighted by Crippen LogP contribution is -2.50. The number of rotatable bonds is 10. The van der Waals surface area contributed by atoms with Gasteiger partial charge in [0.25, 0.3) is 0 Å². The van der Waals surface area contributed by atoms with Crippen LogP contribution in [0.3, 0.4) is 0 Å². The predicted molar refractivity (Wildman–Crippen MR) is 71.0 cm³/mol. The van der Waals surface area contributed by atoms with Crippen LogP contribution in [0.5, 0.6) is 0 Å². The van der Waals surface area contributed by atoms with Gasteiger partial charge >= 0.3 is 5.97 Å². The second kappa shape index (κ2) is 8.87. The Morgan fingerprint density at radius 1 is 1.37 bits per heavy atom. The summed E-state index contributed by atoms with van der Waals surface area (Å²) in [5.74, 6) is -1.16. The number of nitrogens with one attached hydrogen (secondary N) is 1. The van der Waals surface area contributed by atoms with E-state index in [1.54, 1.807) is 6.92 Å². The molecule has 0 aliphatic heterocycles. The van der Waals surface area contributed by atoms with Crippen molar-refractivity contribution in [1.29, 1.82) is 0 Å². The summed E-state index contributed by atoms with van der Waals surface area (Å²) >= 11 is 0. The Bertz CT molecular complexity index is 293. The second-order valence-electron chi connectivity index (χ2n) is 5.14. The minimum absolute atomic E-state index is 0.147. The van der Waals surface area contributed by atoms with E-state index in [0.717, 1.165) is 0 Å². The fraction of sp³-hybridized carbons (Fsp3) is 0.846. The van der Waals surface area contributed by atoms with E-state index < -0.39 is 11.5 Å². The minimum atomic E-state index is -0.969. The van der Waals surface area contributed by atoms with E-state index in [-0.39, 0.29) is 25.0 Å². The maximum absolute atomic E-state index is 11.7. The predicted octanol–water partition coefficient (Wildman–Crippen LogP) is 1.19. The molecule has 0 spiro atoms. The van der Waals surface area contributed by atoms with Gasteiger partial charge in [-0.1, -0.05) is 0 Å². The molecule has 0 radical (unpaired) electrons. The van der Waals surface area contributed by atoms with Crippen LogP contribution in [0, 0.1) is 0 Å². The SMILES string of the molecule is COCC(C)(CC(=O)O)NC(=O)CCCOC(C)C. The zero-order valence-electron chi connectivity index (χ0n) is 12.2. The number of carbonyl (C=O) groups is 2. The van der Waals surface area contributed by atoms with E-state index in [1.807, 2.05) is 13.8 Å². The molecule has 6 nitrogen and oxygen atoms in total. The van der Waals surface area contributed by atoms with Crippen molar-refractivity contribution in [3.8, 4) is 0 Å². The van der Waals surface area contributed by atoms with E-state index in [4.69, 9.17) is 14.6 Å². The zero-order valence-corrected chi connectivity index (χ0v) is 12.2. The number of aliphatic carboxylic acids is 1. The van der Waals surface area contributed by atoms with Crippen LogP contribution in [0.15, 0.2) is 0 Å². The number of amides is 1. The lowest BCUT2D eigenvalue weighted by atomic mass is 9.98. The summed E-state index contributed by atoms with van der Waals surface area (Å²) in [5.41, 5.74) is -0.878. The molecule has 0 aromatic rings. The molecular weight excluding hydrogens is 250 g/mol. The molecule has 0 saturated carbocycles. The Balaban J connectivity index is 4.13. The topological polar surface area (TPSA) is 84.9 Å². The summed E-state index contributed by atoms with van der Waals surface area (Å²) < 4.78 is 10.3. The van der Waals surface area contributed by atoms with Crippen LogP contribution in [0.25, 0.3) is 0 Å². The molecule has 0 aliphatic rings. The van der Waals surface area contributed by atoms with Crippen molar-refractivity contribution < 1.29 is 24.2 Å². The molecule has 0 aliphatic carbocycles. The molecule has 0 rings (SSSR count). The summed E-state index contributed by atoms with van der Waals surface area (Å²) in [7, 11) is 1.47. The first-order chi connectivity index (χ1) is 8.79. The zero-order chi connectivity index (χ0) is 14.9. The van der Waals surface area contributed by atoms with Crippen molar-refractivity contribution in [1.82, 2.24) is 5.32 Å². The third-order valence-corrected chi connectivity index (χ3v) is 2.44. The lowest BCUT2D eigenvalue weighted by molar-refractivity contribution is -0.139. The highest BCUT2D eigenvalue weighted by Crippen LogP contribution is 2.11. The van der Waals surface area contributed by atoms with E-state index in [9.17, 15) is 9.59 Å². The van der Waals surface area contributed by atoms with Gasteiger partial charge in [0.1, 0.15) is 0 Å². The van der Waals surface area contributed by atoms with Gasteiger partial charge in [0.2, 0.25) is 5.91 Å². The van der Waals surface area contributed by atoms with Gasteiger partial charge in [-0.2, -0.15) is 0 Å². The average Bonchev–Trinajstić information content (AvgIpc) is 2.22. The smallest absolute Gasteiger partial charge is 0.305 e. The van der Waals surface area contributed by atoms with Crippen LogP contribution >= 0.6 is 0 Å². The summed E-state index contributed by atoms with van der Waals surface area (Å²) in [6.45, 7) is 6.21. The first-order valence-electron chi connectivity index (χ1n) is 6.42. The molecule has 1 amide bonds. The van der Waals surface area contributed by atoms with Gasteiger partial charge in [0, 0.05) is 20.1 Å². The van der Waals surface area contributed by atoms with Gasteiger partial charge < -0.3 is 19.9 Å². The molecule has 0 heterocycles. The Hall–Kier alpha value is -1.14. The number of hydrogen-bond donors (Lipinski definition) is 2. The van der Waals surface area contributed by atoms with Crippen LogP contribution in [0.1, 0.15) is 40.0 Å². The molecule has 6 heteroatoms. The maximum atomic E-state index is 11.7. The van der Waals surface area contributed by atoms with E-state index in [2.05, 4.69) is 5.32 Å². The van der Waals surface area contributed by atoms with Crippen molar-refractivity contribution in [2.75, 3.05) is 20.3 Å². The van der Waals surface area contributed by atoms with Gasteiger partial charge in [-0.05, 0) is 27.2 Å². The van der Waals surface area contributed by atoms with E-state index in [0.29, 0.717) is 19.4 Å². The molecule has 112 valence electrons. The van der Waals surface area contributed by atoms with Crippen LogP contribution in [0.4, 0.5) is 0 Å². The first kappa shape index (κ1) is 17.9. The van der Waals surface area contributed by atoms with Gasteiger partial charge in [-0.3, -0.25) is 9.59 Å². The van der Waals surface area contributed by atoms with Gasteiger partial charge in [0.05, 0.1) is 24.7 Å². The molecule has 0 bridgehead atoms. The summed E-state index contributed by atoms with van der Waals surface area (Å²) in [5, 5.41) is 11.6. The second-order valence-corrected chi connectivity index (χ2v) is 5.14. The van der Waals surface area contributed by atoms with Crippen LogP contribution in [-0.2, 0) is 19.1 Å². The number of carbonyl (C=O) groups excluding carboxylic acids is 1. The monoisotopic (exact) mass is 275 g/mol. The van der Waals surface area contributed by atoms with Crippen molar-refractivity contribution in [3.63, 3.8) is 0 Å². The minimum Gasteiger partial charge on any atom is -0.481 e. The molecule has 1 atom stereocenters. The Labute approximate surface area is 114 Å². The van der Waals surface area contributed by atoms with Gasteiger partial charge in [0.15, 0.2) is 0 Å². The molecule has 0 aromatic heterocycles. The third-order valence-electron chi connectivity index (χ3n) is 2.44. The number of carboxylic acids is 1. The van der Waals surface area contributed by atoms with Crippen molar-refractivity contribution in [2.45, 2.75) is 51.7 Å². The highest BCUT2D eigenvalue weighted by molar-refractivity contribution is 5.78. The van der Waals surface area contributed by atoms with Gasteiger partial charge in [-0.15, -0.1) is 0 Å². The summed E-state index contributed by atoms with van der Waals surface area (Å²) in [6.07, 6.45) is 0.898. The molecular formula is C13H25NO5. The Morgan fingerprint density at radius 3 is 2.47 bits per heavy atom. The number of carboxylic acid groups (broad SMARTS) is 1. The highest BCUT2D eigenvalue weighted by Gasteiger charge is 2.29. The molecule has 0 fully saturated rings. The lowest BCUT2D eigenvalue weighted by Gasteiger charge is -2.28. The first-order valence-corrected chi connectivity index (χ1v) is 6.42. The molecule has 19 heavy (non-hydrogen) atoms. The molecule has 0 saturated heterocycles. The van der Waals surface area contributed by atoms with Crippen LogP contribution < -0.4 is 5.32 Å². The average molecular weight is 275 g/mol. The van der Waals surface area contributed by atoms with Crippen molar-refractivity contribution >= 4 is 11.9 Å². The van der Waals surface area contributed by atoms with Crippen molar-refractivity contribution in [3.05, 3.63) is 0 Å². The number of methoxy groups -OCH3 is 1. The quantitative estimate of drug-likeness (QED) is 0.585.